The van der Waals surface area contributed by atoms with E-state index in [0.29, 0.717) is 25.9 Å². The van der Waals surface area contributed by atoms with Gasteiger partial charge in [-0.25, -0.2) is 4.79 Å². The second-order valence-corrected chi connectivity index (χ2v) is 7.55. The predicted octanol–water partition coefficient (Wildman–Crippen LogP) is 3.03. The Hall–Kier alpha value is -2.96. The van der Waals surface area contributed by atoms with Gasteiger partial charge in [-0.15, -0.1) is 0 Å². The molecule has 2 heterocycles. The molecule has 7 nitrogen and oxygen atoms in total. The molecular formula is C21H28N4O3. The number of aromatic nitrogens is 2. The number of aryl methyl sites for hydroxylation is 2. The smallest absolute Gasteiger partial charge is 0.407 e. The molecule has 150 valence electrons. The molecule has 0 saturated heterocycles. The maximum Gasteiger partial charge on any atom is 0.407 e. The van der Waals surface area contributed by atoms with Gasteiger partial charge in [0.2, 0.25) is 5.91 Å². The molecule has 0 bridgehead atoms. The molecular weight excluding hydrogens is 356 g/mol. The fraction of sp³-hybridized carbons (Fsp3) is 0.429. The summed E-state index contributed by atoms with van der Waals surface area (Å²) < 4.78 is 5.13. The lowest BCUT2D eigenvalue weighted by Crippen LogP contribution is -2.37. The van der Waals surface area contributed by atoms with Crippen LogP contribution in [0.3, 0.4) is 0 Å². The molecule has 2 N–H and O–H groups in total. The summed E-state index contributed by atoms with van der Waals surface area (Å²) in [7, 11) is 0. The first kappa shape index (κ1) is 21.3. The molecule has 0 aliphatic heterocycles. The van der Waals surface area contributed by atoms with Gasteiger partial charge in [-0.05, 0) is 69.5 Å². The first-order valence-corrected chi connectivity index (χ1v) is 9.34. The van der Waals surface area contributed by atoms with Gasteiger partial charge in [-0.2, -0.15) is 0 Å². The second-order valence-electron chi connectivity index (χ2n) is 7.55. The minimum Gasteiger partial charge on any atom is -0.444 e. The molecule has 2 amide bonds. The van der Waals surface area contributed by atoms with E-state index in [2.05, 4.69) is 20.6 Å². The lowest BCUT2D eigenvalue weighted by atomic mass is 10.1. The molecule has 2 aromatic heterocycles. The Balaban J connectivity index is 1.74. The van der Waals surface area contributed by atoms with E-state index >= 15 is 0 Å². The summed E-state index contributed by atoms with van der Waals surface area (Å²) in [6, 6.07) is 7.78. The molecule has 2 rings (SSSR count). The highest BCUT2D eigenvalue weighted by Crippen LogP contribution is 2.17. The van der Waals surface area contributed by atoms with Gasteiger partial charge in [0.25, 0.3) is 0 Å². The van der Waals surface area contributed by atoms with E-state index < -0.39 is 11.7 Å². The predicted molar refractivity (Wildman–Crippen MR) is 108 cm³/mol. The quantitative estimate of drug-likeness (QED) is 0.716. The zero-order valence-electron chi connectivity index (χ0n) is 16.9. The Morgan fingerprint density at radius 2 is 1.64 bits per heavy atom. The van der Waals surface area contributed by atoms with Crippen molar-refractivity contribution in [2.24, 2.45) is 0 Å². The van der Waals surface area contributed by atoms with Crippen molar-refractivity contribution in [1.82, 2.24) is 20.6 Å². The van der Waals surface area contributed by atoms with Crippen molar-refractivity contribution in [1.29, 1.82) is 0 Å². The van der Waals surface area contributed by atoms with E-state index in [-0.39, 0.29) is 5.91 Å². The molecule has 0 aromatic carbocycles. The molecule has 0 radical (unpaired) electrons. The zero-order chi connectivity index (χ0) is 20.6. The Bertz CT molecular complexity index is 815. The third-order valence-corrected chi connectivity index (χ3v) is 3.76. The average molecular weight is 384 g/mol. The van der Waals surface area contributed by atoms with Gasteiger partial charge in [-0.1, -0.05) is 0 Å². The molecule has 0 fully saturated rings. The summed E-state index contributed by atoms with van der Waals surface area (Å²) in [6.45, 7) is 8.08. The van der Waals surface area contributed by atoms with Crippen molar-refractivity contribution in [3.05, 3.63) is 47.8 Å². The number of nitrogens with zero attached hydrogens (tertiary/aromatic N) is 2. The van der Waals surface area contributed by atoms with Crippen LogP contribution in [0.2, 0.25) is 0 Å². The van der Waals surface area contributed by atoms with Crippen molar-refractivity contribution in [2.45, 2.75) is 46.1 Å². The highest BCUT2D eigenvalue weighted by atomic mass is 16.6. The van der Waals surface area contributed by atoms with Crippen LogP contribution in [0.4, 0.5) is 4.79 Å². The molecule has 0 atom stereocenters. The van der Waals surface area contributed by atoms with Gasteiger partial charge in [0.15, 0.2) is 0 Å². The van der Waals surface area contributed by atoms with Crippen LogP contribution in [0.1, 0.15) is 38.3 Å². The third kappa shape index (κ3) is 7.73. The van der Waals surface area contributed by atoms with Gasteiger partial charge in [0.05, 0.1) is 11.4 Å². The van der Waals surface area contributed by atoms with Crippen LogP contribution in [0.15, 0.2) is 36.7 Å². The van der Waals surface area contributed by atoms with Crippen molar-refractivity contribution in [2.75, 3.05) is 13.1 Å². The second kappa shape index (κ2) is 9.82. The van der Waals surface area contributed by atoms with Crippen LogP contribution in [0.5, 0.6) is 0 Å². The van der Waals surface area contributed by atoms with Gasteiger partial charge in [0.1, 0.15) is 5.60 Å². The van der Waals surface area contributed by atoms with Crippen molar-refractivity contribution in [3.8, 4) is 11.4 Å². The summed E-state index contributed by atoms with van der Waals surface area (Å²) in [5, 5.41) is 5.40. The Morgan fingerprint density at radius 1 is 1.00 bits per heavy atom. The molecule has 0 unspecified atom stereocenters. The Kier molecular flexibility index (Phi) is 7.49. The molecule has 0 saturated carbocycles. The Morgan fingerprint density at radius 3 is 2.32 bits per heavy atom. The van der Waals surface area contributed by atoms with Gasteiger partial charge in [0, 0.05) is 31.9 Å². The Labute approximate surface area is 165 Å². The van der Waals surface area contributed by atoms with Crippen LogP contribution >= 0.6 is 0 Å². The molecule has 28 heavy (non-hydrogen) atoms. The van der Waals surface area contributed by atoms with Crippen LogP contribution in [-0.2, 0) is 16.0 Å². The standard InChI is InChI=1S/C21H28N4O3/c1-15-7-9-22-17(13-15)18-14-16(8-10-23-18)5-6-19(26)24-11-12-25-20(27)28-21(2,3)4/h7-10,13-14H,5-6,11-12H2,1-4H3,(H,24,26)(H,25,27). The number of alkyl carbamates (subject to hydrolysis) is 1. The van der Waals surface area contributed by atoms with Gasteiger partial charge in [-0.3, -0.25) is 14.8 Å². The van der Waals surface area contributed by atoms with E-state index in [4.69, 9.17) is 4.74 Å². The van der Waals surface area contributed by atoms with Gasteiger partial charge >= 0.3 is 6.09 Å². The minimum absolute atomic E-state index is 0.0713. The maximum atomic E-state index is 12.0. The summed E-state index contributed by atoms with van der Waals surface area (Å²) in [6.07, 6.45) is 3.97. The number of rotatable bonds is 7. The molecule has 0 spiro atoms. The normalized spacial score (nSPS) is 11.0. The number of carbonyl (C=O) groups excluding carboxylic acids is 2. The monoisotopic (exact) mass is 384 g/mol. The van der Waals surface area contributed by atoms with Crippen molar-refractivity contribution < 1.29 is 14.3 Å². The van der Waals surface area contributed by atoms with Crippen LogP contribution in [0, 0.1) is 6.92 Å². The van der Waals surface area contributed by atoms with Crippen LogP contribution in [-0.4, -0.2) is 40.7 Å². The van der Waals surface area contributed by atoms with E-state index in [1.807, 2.05) is 31.2 Å². The SMILES string of the molecule is Cc1ccnc(-c2cc(CCC(=O)NCCNC(=O)OC(C)(C)C)ccn2)c1. The number of nitrogens with one attached hydrogen (secondary N) is 2. The third-order valence-electron chi connectivity index (χ3n) is 3.76. The lowest BCUT2D eigenvalue weighted by molar-refractivity contribution is -0.121. The number of ether oxygens (including phenoxy) is 1. The summed E-state index contributed by atoms with van der Waals surface area (Å²) in [5.41, 5.74) is 3.22. The van der Waals surface area contributed by atoms with E-state index in [9.17, 15) is 9.59 Å². The molecule has 2 aromatic rings. The van der Waals surface area contributed by atoms with Crippen LogP contribution < -0.4 is 10.6 Å². The van der Waals surface area contributed by atoms with E-state index in [1.54, 1.807) is 33.2 Å². The highest BCUT2D eigenvalue weighted by Gasteiger charge is 2.15. The van der Waals surface area contributed by atoms with Crippen LogP contribution in [0.25, 0.3) is 11.4 Å². The van der Waals surface area contributed by atoms with Gasteiger partial charge < -0.3 is 15.4 Å². The first-order valence-electron chi connectivity index (χ1n) is 9.34. The number of carbonyl (C=O) groups is 2. The lowest BCUT2D eigenvalue weighted by Gasteiger charge is -2.19. The largest absolute Gasteiger partial charge is 0.444 e. The summed E-state index contributed by atoms with van der Waals surface area (Å²) in [4.78, 5) is 32.2. The first-order chi connectivity index (χ1) is 13.2. The molecule has 7 heteroatoms. The molecule has 0 aliphatic carbocycles. The van der Waals surface area contributed by atoms with Crippen molar-refractivity contribution in [3.63, 3.8) is 0 Å². The van der Waals surface area contributed by atoms with Crippen molar-refractivity contribution >= 4 is 12.0 Å². The highest BCUT2D eigenvalue weighted by molar-refractivity contribution is 5.76. The molecule has 0 aliphatic rings. The minimum atomic E-state index is -0.537. The number of pyridine rings is 2. The average Bonchev–Trinajstić information content (AvgIpc) is 2.62. The number of hydrogen-bond donors (Lipinski definition) is 2. The maximum absolute atomic E-state index is 12.0. The zero-order valence-corrected chi connectivity index (χ0v) is 16.9. The fourth-order valence-electron chi connectivity index (χ4n) is 2.47. The topological polar surface area (TPSA) is 93.2 Å². The summed E-state index contributed by atoms with van der Waals surface area (Å²) in [5.74, 6) is -0.0713. The van der Waals surface area contributed by atoms with E-state index in [0.717, 1.165) is 22.5 Å². The number of amides is 2. The number of hydrogen-bond acceptors (Lipinski definition) is 5. The fourth-order valence-corrected chi connectivity index (χ4v) is 2.47. The van der Waals surface area contributed by atoms with E-state index in [1.165, 1.54) is 0 Å². The summed E-state index contributed by atoms with van der Waals surface area (Å²) >= 11 is 0.